The van der Waals surface area contributed by atoms with Gasteiger partial charge in [0.25, 0.3) is 5.91 Å². The van der Waals surface area contributed by atoms with E-state index in [0.717, 1.165) is 24.4 Å². The number of rotatable bonds is 6. The van der Waals surface area contributed by atoms with E-state index in [1.165, 1.54) is 0 Å². The second-order valence-corrected chi connectivity index (χ2v) is 5.66. The SMILES string of the molecule is CCc1nc(C(=O)NCC(N)C2CC2)nn1-c1ccccc1. The van der Waals surface area contributed by atoms with E-state index in [1.54, 1.807) is 4.68 Å². The predicted octanol–water partition coefficient (Wildman–Crippen LogP) is 1.30. The van der Waals surface area contributed by atoms with Gasteiger partial charge in [-0.15, -0.1) is 5.10 Å². The summed E-state index contributed by atoms with van der Waals surface area (Å²) in [6, 6.07) is 9.73. The zero-order chi connectivity index (χ0) is 15.5. The van der Waals surface area contributed by atoms with Gasteiger partial charge < -0.3 is 11.1 Å². The Kier molecular flexibility index (Phi) is 4.20. The Morgan fingerprint density at radius 2 is 2.14 bits per heavy atom. The lowest BCUT2D eigenvalue weighted by Gasteiger charge is -2.09. The van der Waals surface area contributed by atoms with Crippen LogP contribution >= 0.6 is 0 Å². The van der Waals surface area contributed by atoms with E-state index in [0.29, 0.717) is 18.9 Å². The molecule has 0 radical (unpaired) electrons. The van der Waals surface area contributed by atoms with E-state index in [9.17, 15) is 4.79 Å². The molecule has 1 aromatic carbocycles. The van der Waals surface area contributed by atoms with Crippen LogP contribution in [-0.2, 0) is 6.42 Å². The van der Waals surface area contributed by atoms with Gasteiger partial charge in [0.2, 0.25) is 5.82 Å². The van der Waals surface area contributed by atoms with Crippen molar-refractivity contribution in [2.75, 3.05) is 6.54 Å². The van der Waals surface area contributed by atoms with Gasteiger partial charge in [0.05, 0.1) is 5.69 Å². The van der Waals surface area contributed by atoms with Crippen molar-refractivity contribution < 1.29 is 4.79 Å². The third-order valence-electron chi connectivity index (χ3n) is 3.92. The van der Waals surface area contributed by atoms with Crippen molar-refractivity contribution in [3.8, 4) is 5.69 Å². The number of nitrogens with one attached hydrogen (secondary N) is 1. The predicted molar refractivity (Wildman–Crippen MR) is 83.8 cm³/mol. The topological polar surface area (TPSA) is 85.8 Å². The molecular weight excluding hydrogens is 278 g/mol. The molecule has 116 valence electrons. The van der Waals surface area contributed by atoms with Crippen molar-refractivity contribution in [2.24, 2.45) is 11.7 Å². The van der Waals surface area contributed by atoms with Crippen LogP contribution in [0.15, 0.2) is 30.3 Å². The molecular formula is C16H21N5O. The summed E-state index contributed by atoms with van der Waals surface area (Å²) in [6.07, 6.45) is 3.03. The van der Waals surface area contributed by atoms with Crippen LogP contribution in [0, 0.1) is 5.92 Å². The Morgan fingerprint density at radius 3 is 2.77 bits per heavy atom. The molecule has 3 rings (SSSR count). The standard InChI is InChI=1S/C16H21N5O/c1-2-14-19-15(16(22)18-10-13(17)11-8-9-11)20-21(14)12-6-4-3-5-7-12/h3-7,11,13H,2,8-10,17H2,1H3,(H,18,22). The highest BCUT2D eigenvalue weighted by molar-refractivity contribution is 5.90. The zero-order valence-corrected chi connectivity index (χ0v) is 12.7. The molecule has 0 bridgehead atoms. The third-order valence-corrected chi connectivity index (χ3v) is 3.92. The number of aryl methyl sites for hydroxylation is 1. The molecule has 6 heteroatoms. The van der Waals surface area contributed by atoms with Crippen molar-refractivity contribution in [1.82, 2.24) is 20.1 Å². The molecule has 1 atom stereocenters. The quantitative estimate of drug-likeness (QED) is 0.842. The minimum atomic E-state index is -0.263. The fourth-order valence-corrected chi connectivity index (χ4v) is 2.43. The van der Waals surface area contributed by atoms with Crippen molar-refractivity contribution in [3.63, 3.8) is 0 Å². The summed E-state index contributed by atoms with van der Waals surface area (Å²) in [5.41, 5.74) is 6.90. The number of hydrogen-bond acceptors (Lipinski definition) is 4. The van der Waals surface area contributed by atoms with E-state index in [1.807, 2.05) is 37.3 Å². The summed E-state index contributed by atoms with van der Waals surface area (Å²) in [5.74, 6) is 1.26. The van der Waals surface area contributed by atoms with E-state index in [4.69, 9.17) is 5.73 Å². The highest BCUT2D eigenvalue weighted by atomic mass is 16.2. The monoisotopic (exact) mass is 299 g/mol. The molecule has 1 saturated carbocycles. The Morgan fingerprint density at radius 1 is 1.41 bits per heavy atom. The first kappa shape index (κ1) is 14.7. The zero-order valence-electron chi connectivity index (χ0n) is 12.7. The molecule has 22 heavy (non-hydrogen) atoms. The molecule has 1 fully saturated rings. The van der Waals surface area contributed by atoms with Crippen LogP contribution < -0.4 is 11.1 Å². The number of aromatic nitrogens is 3. The number of para-hydroxylation sites is 1. The maximum atomic E-state index is 12.2. The molecule has 0 aliphatic heterocycles. The van der Waals surface area contributed by atoms with Crippen molar-refractivity contribution in [3.05, 3.63) is 42.0 Å². The van der Waals surface area contributed by atoms with Gasteiger partial charge in [-0.1, -0.05) is 25.1 Å². The van der Waals surface area contributed by atoms with Crippen molar-refractivity contribution >= 4 is 5.91 Å². The lowest BCUT2D eigenvalue weighted by atomic mass is 10.2. The summed E-state index contributed by atoms with van der Waals surface area (Å²) in [6.45, 7) is 2.47. The Balaban J connectivity index is 1.73. The molecule has 2 aromatic rings. The highest BCUT2D eigenvalue weighted by Crippen LogP contribution is 2.31. The number of carbonyl (C=O) groups excluding carboxylic acids is 1. The second kappa shape index (κ2) is 6.27. The lowest BCUT2D eigenvalue weighted by molar-refractivity contribution is 0.0940. The molecule has 1 amide bonds. The Bertz CT molecular complexity index is 648. The van der Waals surface area contributed by atoms with Crippen molar-refractivity contribution in [2.45, 2.75) is 32.2 Å². The van der Waals surface area contributed by atoms with E-state index >= 15 is 0 Å². The summed E-state index contributed by atoms with van der Waals surface area (Å²) in [7, 11) is 0. The van der Waals surface area contributed by atoms with Crippen molar-refractivity contribution in [1.29, 1.82) is 0 Å². The number of carbonyl (C=O) groups is 1. The van der Waals surface area contributed by atoms with Gasteiger partial charge >= 0.3 is 0 Å². The van der Waals surface area contributed by atoms with Gasteiger partial charge in [0, 0.05) is 19.0 Å². The molecule has 1 aromatic heterocycles. The lowest BCUT2D eigenvalue weighted by Crippen LogP contribution is -2.38. The van der Waals surface area contributed by atoms with E-state index in [2.05, 4.69) is 15.4 Å². The summed E-state index contributed by atoms with van der Waals surface area (Å²) in [5, 5.41) is 7.18. The van der Waals surface area contributed by atoms with Crippen LogP contribution in [0.4, 0.5) is 0 Å². The summed E-state index contributed by atoms with van der Waals surface area (Å²) >= 11 is 0. The molecule has 1 unspecified atom stereocenters. The molecule has 0 saturated heterocycles. The smallest absolute Gasteiger partial charge is 0.291 e. The fraction of sp³-hybridized carbons (Fsp3) is 0.438. The first-order valence-electron chi connectivity index (χ1n) is 7.74. The second-order valence-electron chi connectivity index (χ2n) is 5.66. The first-order chi connectivity index (χ1) is 10.7. The third kappa shape index (κ3) is 3.17. The molecule has 3 N–H and O–H groups in total. The number of nitrogens with two attached hydrogens (primary N) is 1. The maximum Gasteiger partial charge on any atom is 0.291 e. The largest absolute Gasteiger partial charge is 0.348 e. The minimum Gasteiger partial charge on any atom is -0.348 e. The van der Waals surface area contributed by atoms with Crippen LogP contribution in [0.2, 0.25) is 0 Å². The van der Waals surface area contributed by atoms with E-state index < -0.39 is 0 Å². The Labute approximate surface area is 129 Å². The van der Waals surface area contributed by atoms with Crippen LogP contribution in [0.25, 0.3) is 5.69 Å². The summed E-state index contributed by atoms with van der Waals surface area (Å²) < 4.78 is 1.72. The first-order valence-corrected chi connectivity index (χ1v) is 7.74. The number of benzene rings is 1. The van der Waals surface area contributed by atoms with Gasteiger partial charge in [-0.25, -0.2) is 9.67 Å². The Hall–Kier alpha value is -2.21. The van der Waals surface area contributed by atoms with Crippen LogP contribution in [0.3, 0.4) is 0 Å². The average Bonchev–Trinajstić information content (AvgIpc) is 3.32. The number of amides is 1. The molecule has 1 heterocycles. The number of hydrogen-bond donors (Lipinski definition) is 2. The summed E-state index contributed by atoms with van der Waals surface area (Å²) in [4.78, 5) is 16.5. The normalized spacial score (nSPS) is 15.5. The molecule has 1 aliphatic rings. The van der Waals surface area contributed by atoms with Gasteiger partial charge in [0.1, 0.15) is 5.82 Å². The highest BCUT2D eigenvalue weighted by Gasteiger charge is 2.29. The van der Waals surface area contributed by atoms with Gasteiger partial charge in [0.15, 0.2) is 0 Å². The maximum absolute atomic E-state index is 12.2. The molecule has 6 nitrogen and oxygen atoms in total. The fourth-order valence-electron chi connectivity index (χ4n) is 2.43. The van der Waals surface area contributed by atoms with E-state index in [-0.39, 0.29) is 17.8 Å². The number of nitrogens with zero attached hydrogens (tertiary/aromatic N) is 3. The van der Waals surface area contributed by atoms with Gasteiger partial charge in [-0.3, -0.25) is 4.79 Å². The average molecular weight is 299 g/mol. The van der Waals surface area contributed by atoms with Crippen LogP contribution in [0.5, 0.6) is 0 Å². The van der Waals surface area contributed by atoms with Crippen LogP contribution in [0.1, 0.15) is 36.2 Å². The van der Waals surface area contributed by atoms with Crippen LogP contribution in [-0.4, -0.2) is 33.3 Å². The van der Waals surface area contributed by atoms with Gasteiger partial charge in [-0.05, 0) is 30.9 Å². The molecule has 0 spiro atoms. The van der Waals surface area contributed by atoms with Gasteiger partial charge in [-0.2, -0.15) is 0 Å². The minimum absolute atomic E-state index is 0.0332. The molecule has 1 aliphatic carbocycles.